The van der Waals surface area contributed by atoms with Crippen LogP contribution in [0.25, 0.3) is 0 Å². The SMILES string of the molecule is Cc1ccc(NC(=O)N2CCCC[C@@H]2C)c(NC(=O)N2CCCC[C@@H]2C)c1. The summed E-state index contributed by atoms with van der Waals surface area (Å²) < 4.78 is 0. The molecule has 2 atom stereocenters. The van der Waals surface area contributed by atoms with Gasteiger partial charge in [0.1, 0.15) is 0 Å². The lowest BCUT2D eigenvalue weighted by molar-refractivity contribution is 0.169. The summed E-state index contributed by atoms with van der Waals surface area (Å²) in [5, 5.41) is 6.04. The smallest absolute Gasteiger partial charge is 0.322 e. The van der Waals surface area contributed by atoms with Gasteiger partial charge < -0.3 is 20.4 Å². The number of carbonyl (C=O) groups excluding carboxylic acids is 2. The fraction of sp³-hybridized carbons (Fsp3) is 0.619. The standard InChI is InChI=1S/C21H32N4O2/c1-15-10-11-18(22-20(26)24-12-6-4-8-16(24)2)19(14-15)23-21(27)25-13-7-5-9-17(25)3/h10-11,14,16-17H,4-9,12-13H2,1-3H3,(H,22,26)(H,23,27)/t16-,17-/m0/s1. The lowest BCUT2D eigenvalue weighted by atomic mass is 10.0. The van der Waals surface area contributed by atoms with E-state index < -0.39 is 0 Å². The number of hydrogen-bond acceptors (Lipinski definition) is 2. The molecule has 1 aromatic rings. The van der Waals surface area contributed by atoms with Gasteiger partial charge in [-0.05, 0) is 77.0 Å². The van der Waals surface area contributed by atoms with Gasteiger partial charge in [-0.3, -0.25) is 0 Å². The fourth-order valence-electron chi connectivity index (χ4n) is 4.04. The first-order valence-electron chi connectivity index (χ1n) is 10.2. The number of anilines is 2. The molecule has 2 saturated heterocycles. The molecular weight excluding hydrogens is 340 g/mol. The third-order valence-electron chi connectivity index (χ3n) is 5.79. The topological polar surface area (TPSA) is 64.7 Å². The molecule has 148 valence electrons. The van der Waals surface area contributed by atoms with Crippen molar-refractivity contribution in [2.75, 3.05) is 23.7 Å². The number of amides is 4. The predicted molar refractivity (Wildman–Crippen MR) is 109 cm³/mol. The van der Waals surface area contributed by atoms with Gasteiger partial charge in [0.2, 0.25) is 0 Å². The minimum absolute atomic E-state index is 0.0883. The number of hydrogen-bond donors (Lipinski definition) is 2. The zero-order valence-corrected chi connectivity index (χ0v) is 16.8. The third-order valence-corrected chi connectivity index (χ3v) is 5.79. The Morgan fingerprint density at radius 3 is 1.89 bits per heavy atom. The monoisotopic (exact) mass is 372 g/mol. The van der Waals surface area contributed by atoms with Crippen LogP contribution >= 0.6 is 0 Å². The van der Waals surface area contributed by atoms with Gasteiger partial charge in [0.15, 0.2) is 0 Å². The third kappa shape index (κ3) is 4.73. The molecule has 2 aliphatic heterocycles. The zero-order chi connectivity index (χ0) is 19.4. The molecule has 6 heteroatoms. The number of likely N-dealkylation sites (tertiary alicyclic amines) is 2. The maximum atomic E-state index is 12.8. The molecule has 0 aliphatic carbocycles. The summed E-state index contributed by atoms with van der Waals surface area (Å²) in [7, 11) is 0. The fourth-order valence-corrected chi connectivity index (χ4v) is 4.04. The van der Waals surface area contributed by atoms with Crippen molar-refractivity contribution in [3.63, 3.8) is 0 Å². The molecule has 0 unspecified atom stereocenters. The molecular formula is C21H32N4O2. The van der Waals surface area contributed by atoms with Gasteiger partial charge in [-0.15, -0.1) is 0 Å². The Kier molecular flexibility index (Phi) is 6.24. The Balaban J connectivity index is 1.72. The van der Waals surface area contributed by atoms with Crippen LogP contribution in [0.5, 0.6) is 0 Å². The number of urea groups is 2. The van der Waals surface area contributed by atoms with Crippen molar-refractivity contribution in [2.45, 2.75) is 71.4 Å². The first-order chi connectivity index (χ1) is 13.0. The Labute approximate surface area is 162 Å². The molecule has 0 spiro atoms. The number of rotatable bonds is 2. The van der Waals surface area contributed by atoms with E-state index in [2.05, 4.69) is 24.5 Å². The second kappa shape index (κ2) is 8.63. The van der Waals surface area contributed by atoms with Crippen LogP contribution in [0.2, 0.25) is 0 Å². The average Bonchev–Trinajstić information content (AvgIpc) is 2.64. The van der Waals surface area contributed by atoms with Crippen molar-refractivity contribution in [3.05, 3.63) is 23.8 Å². The van der Waals surface area contributed by atoms with Crippen LogP contribution in [-0.2, 0) is 0 Å². The summed E-state index contributed by atoms with van der Waals surface area (Å²) in [5.74, 6) is 0. The quantitative estimate of drug-likeness (QED) is 0.782. The summed E-state index contributed by atoms with van der Waals surface area (Å²) >= 11 is 0. The Morgan fingerprint density at radius 2 is 1.37 bits per heavy atom. The molecule has 0 radical (unpaired) electrons. The van der Waals surface area contributed by atoms with Crippen molar-refractivity contribution in [1.29, 1.82) is 0 Å². The van der Waals surface area contributed by atoms with E-state index >= 15 is 0 Å². The molecule has 4 amide bonds. The summed E-state index contributed by atoms with van der Waals surface area (Å²) in [6.45, 7) is 7.73. The molecule has 2 fully saturated rings. The minimum Gasteiger partial charge on any atom is -0.322 e. The summed E-state index contributed by atoms with van der Waals surface area (Å²) in [6.07, 6.45) is 6.51. The van der Waals surface area contributed by atoms with Gasteiger partial charge in [0.25, 0.3) is 0 Å². The van der Waals surface area contributed by atoms with Gasteiger partial charge in [0.05, 0.1) is 11.4 Å². The highest BCUT2D eigenvalue weighted by Crippen LogP contribution is 2.26. The summed E-state index contributed by atoms with van der Waals surface area (Å²) in [5.41, 5.74) is 2.36. The Bertz CT molecular complexity index is 691. The number of aryl methyl sites for hydroxylation is 1. The van der Waals surface area contributed by atoms with Crippen LogP contribution < -0.4 is 10.6 Å². The molecule has 0 bridgehead atoms. The second-order valence-corrected chi connectivity index (χ2v) is 7.99. The summed E-state index contributed by atoms with van der Waals surface area (Å²) in [4.78, 5) is 29.3. The number of carbonyl (C=O) groups is 2. The van der Waals surface area contributed by atoms with Crippen LogP contribution in [0.4, 0.5) is 21.0 Å². The van der Waals surface area contributed by atoms with Crippen LogP contribution in [0.15, 0.2) is 18.2 Å². The maximum absolute atomic E-state index is 12.8. The van der Waals surface area contributed by atoms with Gasteiger partial charge in [0, 0.05) is 25.2 Å². The first kappa shape index (κ1) is 19.5. The van der Waals surface area contributed by atoms with Gasteiger partial charge >= 0.3 is 12.1 Å². The average molecular weight is 373 g/mol. The second-order valence-electron chi connectivity index (χ2n) is 7.99. The van der Waals surface area contributed by atoms with Gasteiger partial charge in [-0.25, -0.2) is 9.59 Å². The molecule has 0 saturated carbocycles. The lowest BCUT2D eigenvalue weighted by Crippen LogP contribution is -2.45. The first-order valence-corrected chi connectivity index (χ1v) is 10.2. The number of piperidine rings is 2. The minimum atomic E-state index is -0.0899. The van der Waals surface area contributed by atoms with Crippen LogP contribution in [0.1, 0.15) is 57.9 Å². The predicted octanol–water partition coefficient (Wildman–Crippen LogP) is 4.81. The molecule has 0 aromatic heterocycles. The number of benzene rings is 1. The van der Waals surface area contributed by atoms with Gasteiger partial charge in [-0.1, -0.05) is 6.07 Å². The van der Waals surface area contributed by atoms with E-state index in [0.717, 1.165) is 44.3 Å². The van der Waals surface area contributed by atoms with Crippen molar-refractivity contribution in [2.24, 2.45) is 0 Å². The van der Waals surface area contributed by atoms with Crippen LogP contribution in [0.3, 0.4) is 0 Å². The molecule has 2 aliphatic rings. The summed E-state index contributed by atoms with van der Waals surface area (Å²) in [6, 6.07) is 6.06. The molecule has 3 rings (SSSR count). The number of nitrogens with zero attached hydrogens (tertiary/aromatic N) is 2. The highest BCUT2D eigenvalue weighted by Gasteiger charge is 2.26. The molecule has 1 aromatic carbocycles. The normalized spacial score (nSPS) is 23.1. The lowest BCUT2D eigenvalue weighted by Gasteiger charge is -2.34. The van der Waals surface area contributed by atoms with E-state index in [0.29, 0.717) is 11.4 Å². The van der Waals surface area contributed by atoms with E-state index in [9.17, 15) is 9.59 Å². The molecule has 27 heavy (non-hydrogen) atoms. The Morgan fingerprint density at radius 1 is 0.852 bits per heavy atom. The van der Waals surface area contributed by atoms with Crippen molar-refractivity contribution in [3.8, 4) is 0 Å². The van der Waals surface area contributed by atoms with E-state index in [1.54, 1.807) is 0 Å². The Hall–Kier alpha value is -2.24. The maximum Gasteiger partial charge on any atom is 0.322 e. The van der Waals surface area contributed by atoms with Gasteiger partial charge in [-0.2, -0.15) is 0 Å². The molecule has 6 nitrogen and oxygen atoms in total. The highest BCUT2D eigenvalue weighted by molar-refractivity contribution is 5.98. The van der Waals surface area contributed by atoms with Crippen molar-refractivity contribution in [1.82, 2.24) is 9.80 Å². The van der Waals surface area contributed by atoms with E-state index in [1.807, 2.05) is 34.9 Å². The van der Waals surface area contributed by atoms with Crippen LogP contribution in [0, 0.1) is 6.92 Å². The highest BCUT2D eigenvalue weighted by atomic mass is 16.2. The van der Waals surface area contributed by atoms with Crippen LogP contribution in [-0.4, -0.2) is 47.0 Å². The number of nitrogens with one attached hydrogen (secondary N) is 2. The van der Waals surface area contributed by atoms with Crippen molar-refractivity contribution >= 4 is 23.4 Å². The van der Waals surface area contributed by atoms with E-state index in [-0.39, 0.29) is 24.1 Å². The molecule has 2 N–H and O–H groups in total. The van der Waals surface area contributed by atoms with E-state index in [1.165, 1.54) is 12.8 Å². The molecule has 2 heterocycles. The van der Waals surface area contributed by atoms with Crippen molar-refractivity contribution < 1.29 is 9.59 Å². The zero-order valence-electron chi connectivity index (χ0n) is 16.8. The van der Waals surface area contributed by atoms with E-state index in [4.69, 9.17) is 0 Å². The largest absolute Gasteiger partial charge is 0.322 e.